The first-order valence-corrected chi connectivity index (χ1v) is 6.48. The standard InChI is InChI=1S/C12H18F3NO4/c13-12(14,15)8-4-2-1-3-7(8)10(18)16-6-5-9(17)11(19)20/h7-9,17H,1-6H2,(H,16,18)(H,19,20)/t7?,8?,9-/m0/s1. The highest BCUT2D eigenvalue weighted by atomic mass is 19.4. The lowest BCUT2D eigenvalue weighted by Gasteiger charge is -2.32. The molecule has 116 valence electrons. The predicted octanol–water partition coefficient (Wildman–Crippen LogP) is 1.31. The summed E-state index contributed by atoms with van der Waals surface area (Å²) in [7, 11) is 0. The fraction of sp³-hybridized carbons (Fsp3) is 0.833. The van der Waals surface area contributed by atoms with Crippen molar-refractivity contribution in [1.82, 2.24) is 5.32 Å². The maximum atomic E-state index is 12.8. The topological polar surface area (TPSA) is 86.6 Å². The second kappa shape index (κ2) is 6.92. The predicted molar refractivity (Wildman–Crippen MR) is 62.8 cm³/mol. The van der Waals surface area contributed by atoms with Crippen LogP contribution in [0.5, 0.6) is 0 Å². The van der Waals surface area contributed by atoms with E-state index in [2.05, 4.69) is 5.32 Å². The molecule has 0 aromatic rings. The van der Waals surface area contributed by atoms with Gasteiger partial charge in [-0.2, -0.15) is 13.2 Å². The fourth-order valence-corrected chi connectivity index (χ4v) is 2.42. The van der Waals surface area contributed by atoms with Gasteiger partial charge in [-0.05, 0) is 12.8 Å². The van der Waals surface area contributed by atoms with Crippen molar-refractivity contribution < 1.29 is 33.0 Å². The van der Waals surface area contributed by atoms with Gasteiger partial charge in [-0.25, -0.2) is 4.79 Å². The van der Waals surface area contributed by atoms with Crippen LogP contribution in [0.2, 0.25) is 0 Å². The second-order valence-corrected chi connectivity index (χ2v) is 4.97. The molecule has 0 spiro atoms. The van der Waals surface area contributed by atoms with Gasteiger partial charge in [0.2, 0.25) is 5.91 Å². The van der Waals surface area contributed by atoms with E-state index in [-0.39, 0.29) is 25.8 Å². The molecule has 1 aliphatic carbocycles. The zero-order valence-corrected chi connectivity index (χ0v) is 10.8. The Bertz CT molecular complexity index is 359. The Labute approximate surface area is 114 Å². The Morgan fingerprint density at radius 2 is 1.85 bits per heavy atom. The zero-order chi connectivity index (χ0) is 15.3. The Hall–Kier alpha value is -1.31. The van der Waals surface area contributed by atoms with E-state index in [9.17, 15) is 22.8 Å². The number of carbonyl (C=O) groups excluding carboxylic acids is 1. The van der Waals surface area contributed by atoms with Crippen LogP contribution in [0.15, 0.2) is 0 Å². The number of hydrogen-bond donors (Lipinski definition) is 3. The molecule has 1 aliphatic rings. The number of aliphatic carboxylic acids is 1. The summed E-state index contributed by atoms with van der Waals surface area (Å²) in [5.41, 5.74) is 0. The summed E-state index contributed by atoms with van der Waals surface area (Å²) in [6, 6.07) is 0. The Morgan fingerprint density at radius 3 is 2.40 bits per heavy atom. The number of nitrogens with one attached hydrogen (secondary N) is 1. The van der Waals surface area contributed by atoms with E-state index in [1.54, 1.807) is 0 Å². The molecule has 1 amide bonds. The highest BCUT2D eigenvalue weighted by Gasteiger charge is 2.47. The van der Waals surface area contributed by atoms with Crippen LogP contribution in [0.1, 0.15) is 32.1 Å². The number of carboxylic acids is 1. The Kier molecular flexibility index (Phi) is 5.79. The van der Waals surface area contributed by atoms with Gasteiger partial charge in [0, 0.05) is 18.9 Å². The highest BCUT2D eigenvalue weighted by molar-refractivity contribution is 5.79. The SMILES string of the molecule is O=C(NCC[C@H](O)C(=O)O)C1CCCCC1C(F)(F)F. The van der Waals surface area contributed by atoms with E-state index in [1.807, 2.05) is 0 Å². The molecule has 0 radical (unpaired) electrons. The van der Waals surface area contributed by atoms with Crippen LogP contribution in [0, 0.1) is 11.8 Å². The van der Waals surface area contributed by atoms with Gasteiger partial charge in [-0.3, -0.25) is 4.79 Å². The van der Waals surface area contributed by atoms with Crippen LogP contribution in [0.25, 0.3) is 0 Å². The minimum absolute atomic E-state index is 0.0562. The van der Waals surface area contributed by atoms with Gasteiger partial charge in [-0.1, -0.05) is 12.8 Å². The second-order valence-electron chi connectivity index (χ2n) is 4.97. The molecule has 0 aromatic heterocycles. The van der Waals surface area contributed by atoms with Crippen LogP contribution < -0.4 is 5.32 Å². The molecule has 0 bridgehead atoms. The maximum absolute atomic E-state index is 12.8. The first-order chi connectivity index (χ1) is 9.23. The van der Waals surface area contributed by atoms with E-state index >= 15 is 0 Å². The van der Waals surface area contributed by atoms with Gasteiger partial charge in [0.15, 0.2) is 6.10 Å². The molecule has 3 N–H and O–H groups in total. The van der Waals surface area contributed by atoms with Gasteiger partial charge in [-0.15, -0.1) is 0 Å². The number of rotatable bonds is 5. The molecule has 1 saturated carbocycles. The van der Waals surface area contributed by atoms with Crippen molar-refractivity contribution in [2.75, 3.05) is 6.54 Å². The largest absolute Gasteiger partial charge is 0.479 e. The van der Waals surface area contributed by atoms with Gasteiger partial charge < -0.3 is 15.5 Å². The summed E-state index contributed by atoms with van der Waals surface area (Å²) in [6.45, 7) is -0.159. The maximum Gasteiger partial charge on any atom is 0.392 e. The molecule has 20 heavy (non-hydrogen) atoms. The number of alkyl halides is 3. The molecule has 5 nitrogen and oxygen atoms in total. The summed E-state index contributed by atoms with van der Waals surface area (Å²) in [5, 5.41) is 19.7. The number of carboxylic acid groups (broad SMARTS) is 1. The number of hydrogen-bond acceptors (Lipinski definition) is 3. The third-order valence-corrected chi connectivity index (χ3v) is 3.53. The number of aliphatic hydroxyl groups is 1. The van der Waals surface area contributed by atoms with Crippen molar-refractivity contribution in [1.29, 1.82) is 0 Å². The first-order valence-electron chi connectivity index (χ1n) is 6.48. The zero-order valence-electron chi connectivity index (χ0n) is 10.8. The minimum Gasteiger partial charge on any atom is -0.479 e. The molecule has 8 heteroatoms. The molecule has 0 saturated heterocycles. The van der Waals surface area contributed by atoms with Gasteiger partial charge >= 0.3 is 12.1 Å². The molecule has 1 rings (SSSR count). The van der Waals surface area contributed by atoms with Crippen molar-refractivity contribution >= 4 is 11.9 Å². The number of carbonyl (C=O) groups is 2. The van der Waals surface area contributed by atoms with Crippen LogP contribution in [0.3, 0.4) is 0 Å². The lowest BCUT2D eigenvalue weighted by molar-refractivity contribution is -0.198. The minimum atomic E-state index is -4.40. The van der Waals surface area contributed by atoms with Crippen LogP contribution in [0.4, 0.5) is 13.2 Å². The van der Waals surface area contributed by atoms with Crippen LogP contribution in [-0.4, -0.2) is 40.9 Å². The summed E-state index contributed by atoms with van der Waals surface area (Å²) >= 11 is 0. The van der Waals surface area contributed by atoms with E-state index in [1.165, 1.54) is 0 Å². The quantitative estimate of drug-likeness (QED) is 0.714. The van der Waals surface area contributed by atoms with E-state index in [4.69, 9.17) is 10.2 Å². The van der Waals surface area contributed by atoms with Crippen molar-refractivity contribution in [2.45, 2.75) is 44.4 Å². The van der Waals surface area contributed by atoms with Crippen molar-refractivity contribution in [3.05, 3.63) is 0 Å². The summed E-state index contributed by atoms with van der Waals surface area (Å²) in [5.74, 6) is -4.90. The Balaban J connectivity index is 2.50. The number of halogens is 3. The first kappa shape index (κ1) is 16.7. The van der Waals surface area contributed by atoms with E-state index in [0.717, 1.165) is 0 Å². The lowest BCUT2D eigenvalue weighted by atomic mass is 9.78. The monoisotopic (exact) mass is 297 g/mol. The smallest absolute Gasteiger partial charge is 0.392 e. The molecular weight excluding hydrogens is 279 g/mol. The normalized spacial score (nSPS) is 25.0. The lowest BCUT2D eigenvalue weighted by Crippen LogP contribution is -2.43. The fourth-order valence-electron chi connectivity index (χ4n) is 2.42. The molecule has 3 atom stereocenters. The summed E-state index contributed by atoms with van der Waals surface area (Å²) in [6.07, 6.45) is -5.11. The van der Waals surface area contributed by atoms with Gasteiger partial charge in [0.1, 0.15) is 0 Å². The van der Waals surface area contributed by atoms with E-state index < -0.39 is 36.0 Å². The average molecular weight is 297 g/mol. The van der Waals surface area contributed by atoms with Crippen LogP contribution in [-0.2, 0) is 9.59 Å². The van der Waals surface area contributed by atoms with Crippen molar-refractivity contribution in [3.8, 4) is 0 Å². The average Bonchev–Trinajstić information content (AvgIpc) is 2.37. The van der Waals surface area contributed by atoms with Gasteiger partial charge in [0.05, 0.1) is 5.92 Å². The molecule has 1 fully saturated rings. The molecule has 0 aromatic carbocycles. The highest BCUT2D eigenvalue weighted by Crippen LogP contribution is 2.41. The molecular formula is C12H18F3NO4. The van der Waals surface area contributed by atoms with Gasteiger partial charge in [0.25, 0.3) is 0 Å². The third kappa shape index (κ3) is 4.66. The number of amides is 1. The molecule has 0 heterocycles. The summed E-state index contributed by atoms with van der Waals surface area (Å²) in [4.78, 5) is 22.1. The Morgan fingerprint density at radius 1 is 1.25 bits per heavy atom. The van der Waals surface area contributed by atoms with Crippen molar-refractivity contribution in [2.24, 2.45) is 11.8 Å². The third-order valence-electron chi connectivity index (χ3n) is 3.53. The molecule has 0 aliphatic heterocycles. The van der Waals surface area contributed by atoms with Crippen molar-refractivity contribution in [3.63, 3.8) is 0 Å². The number of aliphatic hydroxyl groups excluding tert-OH is 1. The summed E-state index contributed by atoms with van der Waals surface area (Å²) < 4.78 is 38.4. The molecule has 2 unspecified atom stereocenters. The van der Waals surface area contributed by atoms with Crippen LogP contribution >= 0.6 is 0 Å². The van der Waals surface area contributed by atoms with E-state index in [0.29, 0.717) is 12.8 Å².